The largest absolute Gasteiger partial charge is 0.507 e. The standard InChI is InChI=1S/C69H85NO/c1-11-18-22-51-26-30-56(31-27-51)61-44-67(62-39-53(24-20-13-3)38-54(40-62)25-21-14-4)70(68(45-61)63-42-59(49(9)16-6)41-60(43-63)50(10)17-7)64-46-65(57-32-28-52(29-33-57)23-19-12-2)69(71)66(47-64)58-36-34-55(35-37-58)48(8)15-5/h26-50H,11-25H2,1-10H3/p+1. The topological polar surface area (TPSA) is 24.1 Å². The normalized spacial score (nSPS) is 12.8. The molecule has 1 heterocycles. The van der Waals surface area contributed by atoms with E-state index in [0.29, 0.717) is 23.5 Å². The maximum absolute atomic E-state index is 12.7. The Kier molecular flexibility index (Phi) is 19.1. The van der Waals surface area contributed by atoms with Gasteiger partial charge in [-0.1, -0.05) is 180 Å². The molecule has 0 saturated heterocycles. The van der Waals surface area contributed by atoms with Crippen LogP contribution in [0.3, 0.4) is 0 Å². The van der Waals surface area contributed by atoms with Crippen LogP contribution in [0.25, 0.3) is 61.6 Å². The predicted molar refractivity (Wildman–Crippen MR) is 307 cm³/mol. The zero-order valence-corrected chi connectivity index (χ0v) is 45.4. The highest BCUT2D eigenvalue weighted by atomic mass is 16.3. The van der Waals surface area contributed by atoms with Crippen LogP contribution >= 0.6 is 0 Å². The van der Waals surface area contributed by atoms with E-state index in [-0.39, 0.29) is 0 Å². The summed E-state index contributed by atoms with van der Waals surface area (Å²) >= 11 is 0. The maximum Gasteiger partial charge on any atom is 0.219 e. The molecule has 71 heavy (non-hydrogen) atoms. The van der Waals surface area contributed by atoms with Crippen LogP contribution in [0.15, 0.2) is 133 Å². The fourth-order valence-electron chi connectivity index (χ4n) is 10.2. The van der Waals surface area contributed by atoms with Crippen LogP contribution < -0.4 is 4.57 Å². The van der Waals surface area contributed by atoms with Crippen molar-refractivity contribution in [2.24, 2.45) is 0 Å². The van der Waals surface area contributed by atoms with Gasteiger partial charge in [0.15, 0.2) is 0 Å². The highest BCUT2D eigenvalue weighted by Crippen LogP contribution is 2.42. The fraction of sp³-hybridized carbons (Fsp3) is 0.406. The number of benzene rings is 6. The van der Waals surface area contributed by atoms with Gasteiger partial charge in [0.1, 0.15) is 5.75 Å². The molecule has 0 aliphatic heterocycles. The van der Waals surface area contributed by atoms with E-state index >= 15 is 0 Å². The number of aryl methyl sites for hydroxylation is 4. The molecule has 2 heteroatoms. The van der Waals surface area contributed by atoms with Crippen LogP contribution in [0, 0.1) is 0 Å². The zero-order chi connectivity index (χ0) is 50.4. The lowest BCUT2D eigenvalue weighted by atomic mass is 9.88. The highest BCUT2D eigenvalue weighted by Gasteiger charge is 2.30. The fourth-order valence-corrected chi connectivity index (χ4v) is 10.2. The lowest BCUT2D eigenvalue weighted by Gasteiger charge is -2.20. The lowest BCUT2D eigenvalue weighted by Crippen LogP contribution is -2.36. The van der Waals surface area contributed by atoms with Crippen LogP contribution in [-0.4, -0.2) is 5.11 Å². The molecule has 0 saturated carbocycles. The predicted octanol–water partition coefficient (Wildman–Crippen LogP) is 19.9. The van der Waals surface area contributed by atoms with E-state index in [1.807, 2.05) is 0 Å². The van der Waals surface area contributed by atoms with E-state index in [1.54, 1.807) is 0 Å². The minimum absolute atomic E-state index is 0.316. The Hall–Kier alpha value is -5.73. The SMILES string of the molecule is CCCCc1ccc(-c2cc(-c3cc(CCCC)cc(CCCC)c3)[n+](-c3cc(-c4ccc(CCCC)cc4)c(O)c(-c4ccc(C(C)CC)cc4)c3)c(-c3cc(C(C)CC)cc(C(C)CC)c3)c2)cc1. The number of aromatic hydroxyl groups is 1. The Balaban J connectivity index is 1.64. The number of unbranched alkanes of at least 4 members (excludes halogenated alkanes) is 4. The summed E-state index contributed by atoms with van der Waals surface area (Å²) in [5, 5.41) is 12.7. The Morgan fingerprint density at radius 2 is 0.732 bits per heavy atom. The Labute approximate surface area is 430 Å². The summed E-state index contributed by atoms with van der Waals surface area (Å²) in [6, 6.07) is 51.8. The molecule has 0 bridgehead atoms. The van der Waals surface area contributed by atoms with E-state index in [1.165, 1.54) is 74.0 Å². The average molecular weight is 945 g/mol. The molecule has 2 nitrogen and oxygen atoms in total. The van der Waals surface area contributed by atoms with E-state index in [2.05, 4.69) is 207 Å². The number of phenolic OH excluding ortho intramolecular Hbond substituents is 1. The molecule has 3 atom stereocenters. The zero-order valence-electron chi connectivity index (χ0n) is 45.4. The number of aromatic nitrogens is 1. The molecule has 1 aromatic heterocycles. The first-order valence-electron chi connectivity index (χ1n) is 28.1. The third-order valence-corrected chi connectivity index (χ3v) is 15.6. The van der Waals surface area contributed by atoms with Crippen LogP contribution in [0.2, 0.25) is 0 Å². The molecule has 0 aliphatic rings. The quantitative estimate of drug-likeness (QED) is 0.0600. The molecule has 7 aromatic rings. The van der Waals surface area contributed by atoms with E-state index < -0.39 is 0 Å². The molecule has 0 radical (unpaired) electrons. The van der Waals surface area contributed by atoms with Crippen molar-refractivity contribution in [3.8, 4) is 67.3 Å². The summed E-state index contributed by atoms with van der Waals surface area (Å²) in [5.74, 6) is 1.59. The molecule has 0 fully saturated rings. The first-order valence-corrected chi connectivity index (χ1v) is 28.1. The van der Waals surface area contributed by atoms with Crippen molar-refractivity contribution in [1.29, 1.82) is 0 Å². The van der Waals surface area contributed by atoms with Crippen molar-refractivity contribution < 1.29 is 9.67 Å². The summed E-state index contributed by atoms with van der Waals surface area (Å²) in [7, 11) is 0. The molecule has 6 aromatic carbocycles. The number of nitrogens with zero attached hydrogens (tertiary/aromatic N) is 1. The van der Waals surface area contributed by atoms with Gasteiger partial charge in [0.05, 0.1) is 0 Å². The summed E-state index contributed by atoms with van der Waals surface area (Å²) < 4.78 is 2.56. The van der Waals surface area contributed by atoms with Crippen LogP contribution in [0.4, 0.5) is 0 Å². The third-order valence-electron chi connectivity index (χ3n) is 15.6. The number of pyridine rings is 1. The summed E-state index contributed by atoms with van der Waals surface area (Å²) in [6.07, 6.45) is 16.8. The molecule has 7 rings (SSSR count). The Morgan fingerprint density at radius 3 is 1.15 bits per heavy atom. The van der Waals surface area contributed by atoms with E-state index in [4.69, 9.17) is 0 Å². The van der Waals surface area contributed by atoms with Gasteiger partial charge in [0.2, 0.25) is 17.1 Å². The van der Waals surface area contributed by atoms with E-state index in [9.17, 15) is 5.11 Å². The van der Waals surface area contributed by atoms with Gasteiger partial charge in [-0.3, -0.25) is 0 Å². The van der Waals surface area contributed by atoms with Crippen LogP contribution in [0.1, 0.15) is 197 Å². The monoisotopic (exact) mass is 945 g/mol. The smallest absolute Gasteiger partial charge is 0.219 e. The van der Waals surface area contributed by atoms with Crippen molar-refractivity contribution in [2.75, 3.05) is 0 Å². The molecule has 0 spiro atoms. The highest BCUT2D eigenvalue weighted by molar-refractivity contribution is 5.85. The first kappa shape index (κ1) is 53.1. The molecule has 0 aliphatic carbocycles. The second kappa shape index (κ2) is 25.6. The van der Waals surface area contributed by atoms with Crippen molar-refractivity contribution >= 4 is 0 Å². The average Bonchev–Trinajstić information content (AvgIpc) is 3.42. The number of hydrogen-bond acceptors (Lipinski definition) is 1. The minimum atomic E-state index is 0.316. The number of phenols is 1. The van der Waals surface area contributed by atoms with Crippen molar-refractivity contribution in [2.45, 2.75) is 183 Å². The number of rotatable bonds is 24. The second-order valence-electron chi connectivity index (χ2n) is 21.0. The van der Waals surface area contributed by atoms with Gasteiger partial charge in [0.25, 0.3) is 0 Å². The van der Waals surface area contributed by atoms with Crippen LogP contribution in [0.5, 0.6) is 5.75 Å². The van der Waals surface area contributed by atoms with Crippen LogP contribution in [-0.2, 0) is 25.7 Å². The molecule has 372 valence electrons. The molecule has 3 unspecified atom stereocenters. The minimum Gasteiger partial charge on any atom is -0.507 e. The van der Waals surface area contributed by atoms with Gasteiger partial charge in [-0.2, -0.15) is 4.57 Å². The Bertz CT molecular complexity index is 2740. The van der Waals surface area contributed by atoms with Crippen molar-refractivity contribution in [3.05, 3.63) is 172 Å². The van der Waals surface area contributed by atoms with Gasteiger partial charge >= 0.3 is 0 Å². The van der Waals surface area contributed by atoms with Gasteiger partial charge in [-0.05, 0) is 174 Å². The van der Waals surface area contributed by atoms with Gasteiger partial charge in [-0.25, -0.2) is 0 Å². The first-order chi connectivity index (χ1) is 34.5. The Morgan fingerprint density at radius 1 is 0.352 bits per heavy atom. The number of hydrogen-bond donors (Lipinski definition) is 1. The van der Waals surface area contributed by atoms with Gasteiger partial charge in [-0.15, -0.1) is 0 Å². The van der Waals surface area contributed by atoms with Gasteiger partial charge in [0, 0.05) is 46.5 Å². The molecular formula is C69H86NO+. The summed E-state index contributed by atoms with van der Waals surface area (Å²) in [4.78, 5) is 0. The molecule has 1 N–H and O–H groups in total. The van der Waals surface area contributed by atoms with Crippen molar-refractivity contribution in [1.82, 2.24) is 0 Å². The summed E-state index contributed by atoms with van der Waals surface area (Å²) in [6.45, 7) is 23.1. The second-order valence-corrected chi connectivity index (χ2v) is 21.0. The van der Waals surface area contributed by atoms with E-state index in [0.717, 1.165) is 123 Å². The molecular weight excluding hydrogens is 859 g/mol. The lowest BCUT2D eigenvalue weighted by molar-refractivity contribution is -0.572. The van der Waals surface area contributed by atoms with Gasteiger partial charge < -0.3 is 5.11 Å². The van der Waals surface area contributed by atoms with Crippen molar-refractivity contribution in [3.63, 3.8) is 0 Å². The third kappa shape index (κ3) is 13.0. The molecule has 0 amide bonds. The summed E-state index contributed by atoms with van der Waals surface area (Å²) in [5.41, 5.74) is 21.6. The maximum atomic E-state index is 12.7.